The fourth-order valence-electron chi connectivity index (χ4n) is 5.57. The van der Waals surface area contributed by atoms with E-state index in [1.165, 1.54) is 22.6 Å². The normalized spacial score (nSPS) is 19.1. The Morgan fingerprint density at radius 2 is 1.72 bits per heavy atom. The fourth-order valence-corrected chi connectivity index (χ4v) is 7.69. The number of rotatable bonds is 11. The summed E-state index contributed by atoms with van der Waals surface area (Å²) >= 11 is 0. The molecule has 1 saturated heterocycles. The Bertz CT molecular complexity index is 1550. The van der Waals surface area contributed by atoms with E-state index in [4.69, 9.17) is 5.73 Å². The van der Waals surface area contributed by atoms with E-state index >= 15 is 4.39 Å². The zero-order valence-electron chi connectivity index (χ0n) is 23.3. The van der Waals surface area contributed by atoms with Gasteiger partial charge in [-0.05, 0) is 67.0 Å². The van der Waals surface area contributed by atoms with Crippen molar-refractivity contribution in [3.8, 4) is 0 Å². The third-order valence-electron chi connectivity index (χ3n) is 7.92. The molecule has 1 unspecified atom stereocenters. The number of piperazine rings is 1. The van der Waals surface area contributed by atoms with E-state index in [1.54, 1.807) is 0 Å². The van der Waals surface area contributed by atoms with Crippen LogP contribution in [0.25, 0.3) is 0 Å². The molecule has 2 heterocycles. The van der Waals surface area contributed by atoms with Crippen molar-refractivity contribution in [3.05, 3.63) is 94.8 Å². The van der Waals surface area contributed by atoms with E-state index in [0.717, 1.165) is 43.3 Å². The second-order valence-corrected chi connectivity index (χ2v) is 13.1. The Kier molecular flexibility index (Phi) is 9.45. The molecule has 230 valence electrons. The summed E-state index contributed by atoms with van der Waals surface area (Å²) in [6.07, 6.45) is 4.45. The van der Waals surface area contributed by atoms with Gasteiger partial charge < -0.3 is 16.4 Å². The van der Waals surface area contributed by atoms with Crippen LogP contribution in [0.4, 0.5) is 23.2 Å². The Labute approximate surface area is 247 Å². The van der Waals surface area contributed by atoms with Crippen LogP contribution in [0.3, 0.4) is 0 Å². The minimum absolute atomic E-state index is 0.0416. The quantitative estimate of drug-likeness (QED) is 0.282. The molecule has 1 aromatic heterocycles. The lowest BCUT2D eigenvalue weighted by Crippen LogP contribution is -2.54. The standard InChI is InChI=1S/C30H33F4N5O3S/c31-21-5-3-19(4-6-21)28(20-11-22(32)13-23(33)12-20)29(35)30(40)38-27-16-37-15-26(34)25(27)8-7-24-14-36-9-10-39(24)43(41,42)17-18-1-2-18/h3-6,11-13,15-16,18,24,28-29,36H,1-2,7-10,14,17,35H2,(H,38,40)/t24?,28-,29-/m0/s1. The highest BCUT2D eigenvalue weighted by Gasteiger charge is 2.37. The lowest BCUT2D eigenvalue weighted by atomic mass is 9.84. The van der Waals surface area contributed by atoms with Crippen LogP contribution < -0.4 is 16.4 Å². The molecule has 1 saturated carbocycles. The number of hydrogen-bond donors (Lipinski definition) is 3. The zero-order chi connectivity index (χ0) is 30.7. The number of nitrogens with two attached hydrogens (primary N) is 1. The molecular weight excluding hydrogens is 586 g/mol. The molecule has 1 amide bonds. The van der Waals surface area contributed by atoms with E-state index in [1.807, 2.05) is 0 Å². The summed E-state index contributed by atoms with van der Waals surface area (Å²) in [5, 5.41) is 5.80. The predicted octanol–water partition coefficient (Wildman–Crippen LogP) is 3.68. The largest absolute Gasteiger partial charge is 0.323 e. The molecule has 3 aromatic rings. The maximum Gasteiger partial charge on any atom is 0.242 e. The van der Waals surface area contributed by atoms with Crippen molar-refractivity contribution < 1.29 is 30.8 Å². The molecule has 3 atom stereocenters. The van der Waals surface area contributed by atoms with Crippen molar-refractivity contribution in [2.45, 2.75) is 43.7 Å². The van der Waals surface area contributed by atoms with E-state index < -0.39 is 57.2 Å². The average molecular weight is 620 g/mol. The van der Waals surface area contributed by atoms with Crippen LogP contribution in [-0.2, 0) is 21.2 Å². The number of nitrogens with zero attached hydrogens (tertiary/aromatic N) is 2. The molecule has 0 radical (unpaired) electrons. The van der Waals surface area contributed by atoms with Crippen molar-refractivity contribution in [2.75, 3.05) is 30.7 Å². The van der Waals surface area contributed by atoms with E-state index in [2.05, 4.69) is 15.6 Å². The number of halogens is 4. The first kappa shape index (κ1) is 31.0. The van der Waals surface area contributed by atoms with E-state index in [0.29, 0.717) is 31.3 Å². The summed E-state index contributed by atoms with van der Waals surface area (Å²) in [5.74, 6) is -4.56. The van der Waals surface area contributed by atoms with Crippen LogP contribution in [0.5, 0.6) is 0 Å². The third-order valence-corrected chi connectivity index (χ3v) is 10.0. The molecule has 8 nitrogen and oxygen atoms in total. The molecule has 2 aromatic carbocycles. The number of carbonyl (C=O) groups excluding carboxylic acids is 1. The lowest BCUT2D eigenvalue weighted by molar-refractivity contribution is -0.117. The first-order valence-electron chi connectivity index (χ1n) is 14.1. The number of hydrogen-bond acceptors (Lipinski definition) is 6. The molecule has 5 rings (SSSR count). The van der Waals surface area contributed by atoms with Gasteiger partial charge in [0.2, 0.25) is 15.9 Å². The van der Waals surface area contributed by atoms with Gasteiger partial charge in [0.05, 0.1) is 29.9 Å². The minimum atomic E-state index is -3.47. The molecular formula is C30H33F4N5O3S. The van der Waals surface area contributed by atoms with Crippen molar-refractivity contribution >= 4 is 21.6 Å². The van der Waals surface area contributed by atoms with Crippen LogP contribution in [0.2, 0.25) is 0 Å². The van der Waals surface area contributed by atoms with Gasteiger partial charge in [0.15, 0.2) is 0 Å². The number of benzene rings is 2. The number of anilines is 1. The first-order valence-corrected chi connectivity index (χ1v) is 15.7. The number of nitrogens with one attached hydrogen (secondary N) is 2. The van der Waals surface area contributed by atoms with Crippen molar-refractivity contribution in [2.24, 2.45) is 11.7 Å². The Hall–Kier alpha value is -3.39. The van der Waals surface area contributed by atoms with E-state index in [-0.39, 0.29) is 41.3 Å². The Balaban J connectivity index is 1.36. The van der Waals surface area contributed by atoms with Gasteiger partial charge >= 0.3 is 0 Å². The van der Waals surface area contributed by atoms with Gasteiger partial charge in [0.25, 0.3) is 0 Å². The summed E-state index contributed by atoms with van der Waals surface area (Å²) < 4.78 is 84.6. The molecule has 4 N–H and O–H groups in total. The van der Waals surface area contributed by atoms with Gasteiger partial charge in [-0.1, -0.05) is 12.1 Å². The molecule has 13 heteroatoms. The highest BCUT2D eigenvalue weighted by Crippen LogP contribution is 2.33. The van der Waals surface area contributed by atoms with Gasteiger partial charge in [0, 0.05) is 43.2 Å². The SMILES string of the molecule is N[C@H](C(=O)Nc1cncc(F)c1CCC1CNCCN1S(=O)(=O)CC1CC1)[C@@H](c1ccc(F)cc1)c1cc(F)cc(F)c1. The second kappa shape index (κ2) is 13.1. The molecule has 1 aliphatic heterocycles. The molecule has 2 fully saturated rings. The minimum Gasteiger partial charge on any atom is -0.323 e. The molecule has 0 bridgehead atoms. The molecule has 43 heavy (non-hydrogen) atoms. The van der Waals surface area contributed by atoms with Crippen LogP contribution in [-0.4, -0.2) is 61.1 Å². The number of pyridine rings is 1. The van der Waals surface area contributed by atoms with Gasteiger partial charge in [-0.25, -0.2) is 26.0 Å². The summed E-state index contributed by atoms with van der Waals surface area (Å²) in [6, 6.07) is 5.97. The van der Waals surface area contributed by atoms with Crippen molar-refractivity contribution in [3.63, 3.8) is 0 Å². The predicted molar refractivity (Wildman–Crippen MR) is 154 cm³/mol. The van der Waals surface area contributed by atoms with Gasteiger partial charge in [0.1, 0.15) is 23.3 Å². The number of carbonyl (C=O) groups is 1. The number of amides is 1. The number of sulfonamides is 1. The number of aromatic nitrogens is 1. The highest BCUT2D eigenvalue weighted by molar-refractivity contribution is 7.89. The smallest absolute Gasteiger partial charge is 0.242 e. The second-order valence-electron chi connectivity index (χ2n) is 11.1. The summed E-state index contributed by atoms with van der Waals surface area (Å²) in [6.45, 7) is 1.25. The van der Waals surface area contributed by atoms with Crippen LogP contribution >= 0.6 is 0 Å². The monoisotopic (exact) mass is 619 g/mol. The summed E-state index contributed by atoms with van der Waals surface area (Å²) in [7, 11) is -3.47. The summed E-state index contributed by atoms with van der Waals surface area (Å²) in [4.78, 5) is 17.3. The summed E-state index contributed by atoms with van der Waals surface area (Å²) in [5.41, 5.74) is 6.91. The maximum atomic E-state index is 15.1. The average Bonchev–Trinajstić information content (AvgIpc) is 3.77. The zero-order valence-corrected chi connectivity index (χ0v) is 24.1. The first-order chi connectivity index (χ1) is 20.5. The molecule has 2 aliphatic rings. The van der Waals surface area contributed by atoms with Crippen molar-refractivity contribution in [1.82, 2.24) is 14.6 Å². The van der Waals surface area contributed by atoms with Crippen molar-refractivity contribution in [1.29, 1.82) is 0 Å². The van der Waals surface area contributed by atoms with Gasteiger partial charge in [-0.3, -0.25) is 9.78 Å². The van der Waals surface area contributed by atoms with Crippen LogP contribution in [0, 0.1) is 29.2 Å². The third kappa shape index (κ3) is 7.58. The van der Waals surface area contributed by atoms with Crippen LogP contribution in [0.1, 0.15) is 41.9 Å². The van der Waals surface area contributed by atoms with Crippen LogP contribution in [0.15, 0.2) is 54.9 Å². The van der Waals surface area contributed by atoms with Gasteiger partial charge in [-0.2, -0.15) is 4.31 Å². The molecule has 1 aliphatic carbocycles. The fraction of sp³-hybridized carbons (Fsp3) is 0.400. The lowest BCUT2D eigenvalue weighted by Gasteiger charge is -2.35. The van der Waals surface area contributed by atoms with Gasteiger partial charge in [-0.15, -0.1) is 0 Å². The topological polar surface area (TPSA) is 117 Å². The van der Waals surface area contributed by atoms with E-state index in [9.17, 15) is 26.4 Å². The highest BCUT2D eigenvalue weighted by atomic mass is 32.2. The Morgan fingerprint density at radius 3 is 2.40 bits per heavy atom. The maximum absolute atomic E-state index is 15.1. The Morgan fingerprint density at radius 1 is 1.02 bits per heavy atom. The molecule has 0 spiro atoms.